The van der Waals surface area contributed by atoms with Crippen molar-refractivity contribution in [3.05, 3.63) is 35.9 Å². The summed E-state index contributed by atoms with van der Waals surface area (Å²) in [5, 5.41) is 2.90. The number of amides is 2. The minimum atomic E-state index is -3.18. The summed E-state index contributed by atoms with van der Waals surface area (Å²) >= 11 is 0. The van der Waals surface area contributed by atoms with Gasteiger partial charge in [-0.05, 0) is 24.8 Å². The van der Waals surface area contributed by atoms with Crippen molar-refractivity contribution in [1.29, 1.82) is 0 Å². The second-order valence-electron chi connectivity index (χ2n) is 5.84. The van der Waals surface area contributed by atoms with E-state index in [2.05, 4.69) is 10.0 Å². The van der Waals surface area contributed by atoms with Gasteiger partial charge in [-0.1, -0.05) is 37.3 Å². The van der Waals surface area contributed by atoms with Crippen LogP contribution in [0, 0.1) is 0 Å². The van der Waals surface area contributed by atoms with Crippen molar-refractivity contribution < 1.29 is 13.2 Å². The maximum Gasteiger partial charge on any atom is 0.317 e. The molecule has 1 aliphatic heterocycles. The number of nitrogens with zero attached hydrogens (tertiary/aromatic N) is 1. The quantitative estimate of drug-likeness (QED) is 0.828. The summed E-state index contributed by atoms with van der Waals surface area (Å²) in [6.45, 7) is 3.49. The molecule has 0 saturated carbocycles. The van der Waals surface area contributed by atoms with E-state index in [9.17, 15) is 13.2 Å². The largest absolute Gasteiger partial charge is 0.334 e. The maximum absolute atomic E-state index is 12.1. The number of benzene rings is 1. The second-order valence-corrected chi connectivity index (χ2v) is 7.72. The van der Waals surface area contributed by atoms with E-state index in [1.165, 1.54) is 0 Å². The van der Waals surface area contributed by atoms with E-state index < -0.39 is 10.0 Å². The van der Waals surface area contributed by atoms with Gasteiger partial charge in [-0.15, -0.1) is 0 Å². The lowest BCUT2D eigenvalue weighted by atomic mass is 10.1. The number of carbonyl (C=O) groups is 1. The molecule has 1 heterocycles. The maximum atomic E-state index is 12.1. The lowest BCUT2D eigenvalue weighted by molar-refractivity contribution is 0.179. The van der Waals surface area contributed by atoms with Crippen LogP contribution in [0.5, 0.6) is 0 Å². The van der Waals surface area contributed by atoms with Gasteiger partial charge < -0.3 is 10.2 Å². The Balaban J connectivity index is 1.74. The highest BCUT2D eigenvalue weighted by atomic mass is 32.2. The van der Waals surface area contributed by atoms with Gasteiger partial charge in [0.2, 0.25) is 10.0 Å². The summed E-state index contributed by atoms with van der Waals surface area (Å²) < 4.78 is 26.3. The van der Waals surface area contributed by atoms with E-state index in [0.717, 1.165) is 5.56 Å². The average Bonchev–Trinajstić information content (AvgIpc) is 2.54. The summed E-state index contributed by atoms with van der Waals surface area (Å²) in [4.78, 5) is 13.9. The summed E-state index contributed by atoms with van der Waals surface area (Å²) in [6, 6.07) is 9.60. The number of rotatable bonds is 6. The molecule has 23 heavy (non-hydrogen) atoms. The number of urea groups is 1. The molecule has 7 heteroatoms. The highest BCUT2D eigenvalue weighted by Gasteiger charge is 2.25. The molecule has 0 spiro atoms. The van der Waals surface area contributed by atoms with Crippen LogP contribution in [0.4, 0.5) is 4.79 Å². The van der Waals surface area contributed by atoms with E-state index in [1.54, 1.807) is 4.90 Å². The zero-order chi connectivity index (χ0) is 16.7. The molecule has 2 N–H and O–H groups in total. The molecule has 0 bridgehead atoms. The first kappa shape index (κ1) is 17.7. The molecule has 1 fully saturated rings. The van der Waals surface area contributed by atoms with E-state index >= 15 is 0 Å². The second kappa shape index (κ2) is 8.31. The summed E-state index contributed by atoms with van der Waals surface area (Å²) in [7, 11) is -3.18. The van der Waals surface area contributed by atoms with E-state index in [1.807, 2.05) is 37.3 Å². The standard InChI is InChI=1S/C16H25N3O3S/c1-2-12-23(21,22)18-15-8-10-19(11-9-15)16(20)17-13-14-6-4-3-5-7-14/h3-7,15,18H,2,8-13H2,1H3,(H,17,20). The third kappa shape index (κ3) is 5.84. The summed E-state index contributed by atoms with van der Waals surface area (Å²) in [6.07, 6.45) is 1.92. The molecule has 1 saturated heterocycles. The Morgan fingerprint density at radius 3 is 2.48 bits per heavy atom. The van der Waals surface area contributed by atoms with Crippen LogP contribution in [-0.4, -0.2) is 44.2 Å². The molecule has 2 rings (SSSR count). The number of likely N-dealkylation sites (tertiary alicyclic amines) is 1. The van der Waals surface area contributed by atoms with Gasteiger partial charge in [-0.2, -0.15) is 0 Å². The van der Waals surface area contributed by atoms with Gasteiger partial charge in [0.1, 0.15) is 0 Å². The van der Waals surface area contributed by atoms with Crippen LogP contribution >= 0.6 is 0 Å². The number of hydrogen-bond donors (Lipinski definition) is 2. The van der Waals surface area contributed by atoms with Crippen LogP contribution in [-0.2, 0) is 16.6 Å². The van der Waals surface area contributed by atoms with Crippen LogP contribution in [0.3, 0.4) is 0 Å². The Bertz CT molecular complexity index is 596. The molecule has 0 unspecified atom stereocenters. The predicted octanol–water partition coefficient (Wildman–Crippen LogP) is 1.69. The smallest absolute Gasteiger partial charge is 0.317 e. The Hall–Kier alpha value is -1.60. The molecule has 2 amide bonds. The van der Waals surface area contributed by atoms with Crippen molar-refractivity contribution in [2.75, 3.05) is 18.8 Å². The number of sulfonamides is 1. The highest BCUT2D eigenvalue weighted by molar-refractivity contribution is 7.89. The van der Waals surface area contributed by atoms with Crippen molar-refractivity contribution in [2.24, 2.45) is 0 Å². The Labute approximate surface area is 138 Å². The molecule has 0 atom stereocenters. The van der Waals surface area contributed by atoms with Gasteiger partial charge in [0, 0.05) is 25.7 Å². The topological polar surface area (TPSA) is 78.5 Å². The molecule has 1 aliphatic rings. The van der Waals surface area contributed by atoms with Crippen molar-refractivity contribution in [2.45, 2.75) is 38.8 Å². The predicted molar refractivity (Wildman–Crippen MR) is 90.5 cm³/mol. The molecule has 6 nitrogen and oxygen atoms in total. The zero-order valence-electron chi connectivity index (χ0n) is 13.5. The van der Waals surface area contributed by atoms with Gasteiger partial charge >= 0.3 is 6.03 Å². The molecule has 128 valence electrons. The molecular weight excluding hydrogens is 314 g/mol. The van der Waals surface area contributed by atoms with Gasteiger partial charge in [0.25, 0.3) is 0 Å². The first-order valence-electron chi connectivity index (χ1n) is 8.07. The summed E-state index contributed by atoms with van der Waals surface area (Å²) in [5.41, 5.74) is 1.06. The molecule has 1 aromatic rings. The Morgan fingerprint density at radius 2 is 1.87 bits per heavy atom. The van der Waals surface area contributed by atoms with Gasteiger partial charge in [-0.25, -0.2) is 17.9 Å². The number of nitrogens with one attached hydrogen (secondary N) is 2. The Kier molecular flexibility index (Phi) is 6.41. The van der Waals surface area contributed by atoms with Crippen molar-refractivity contribution >= 4 is 16.1 Å². The van der Waals surface area contributed by atoms with Crippen molar-refractivity contribution in [3.8, 4) is 0 Å². The highest BCUT2D eigenvalue weighted by Crippen LogP contribution is 2.12. The van der Waals surface area contributed by atoms with Crippen molar-refractivity contribution in [1.82, 2.24) is 14.9 Å². The van der Waals surface area contributed by atoms with Crippen LogP contribution < -0.4 is 10.0 Å². The normalized spacial score (nSPS) is 16.3. The third-order valence-electron chi connectivity index (χ3n) is 3.89. The minimum absolute atomic E-state index is 0.0651. The molecule has 0 radical (unpaired) electrons. The van der Waals surface area contributed by atoms with Gasteiger partial charge in [0.15, 0.2) is 0 Å². The van der Waals surface area contributed by atoms with E-state index in [4.69, 9.17) is 0 Å². The lowest BCUT2D eigenvalue weighted by Gasteiger charge is -2.32. The monoisotopic (exact) mass is 339 g/mol. The van der Waals surface area contributed by atoms with Crippen LogP contribution in [0.25, 0.3) is 0 Å². The van der Waals surface area contributed by atoms with Crippen LogP contribution in [0.2, 0.25) is 0 Å². The van der Waals surface area contributed by atoms with E-state index in [-0.39, 0.29) is 17.8 Å². The lowest BCUT2D eigenvalue weighted by Crippen LogP contribution is -2.49. The van der Waals surface area contributed by atoms with Gasteiger partial charge in [0.05, 0.1) is 5.75 Å². The minimum Gasteiger partial charge on any atom is -0.334 e. The zero-order valence-corrected chi connectivity index (χ0v) is 14.3. The first-order valence-corrected chi connectivity index (χ1v) is 9.72. The fraction of sp³-hybridized carbons (Fsp3) is 0.562. The molecule has 0 aliphatic carbocycles. The number of carbonyl (C=O) groups excluding carboxylic acids is 1. The number of hydrogen-bond acceptors (Lipinski definition) is 3. The SMILES string of the molecule is CCCS(=O)(=O)NC1CCN(C(=O)NCc2ccccc2)CC1. The molecule has 1 aromatic carbocycles. The van der Waals surface area contributed by atoms with Crippen LogP contribution in [0.1, 0.15) is 31.7 Å². The summed E-state index contributed by atoms with van der Waals surface area (Å²) in [5.74, 6) is 0.158. The molecular formula is C16H25N3O3S. The first-order chi connectivity index (χ1) is 11.0. The average molecular weight is 339 g/mol. The van der Waals surface area contributed by atoms with Crippen LogP contribution in [0.15, 0.2) is 30.3 Å². The van der Waals surface area contributed by atoms with Crippen molar-refractivity contribution in [3.63, 3.8) is 0 Å². The fourth-order valence-electron chi connectivity index (χ4n) is 2.67. The number of piperidine rings is 1. The Morgan fingerprint density at radius 1 is 1.22 bits per heavy atom. The fourth-order valence-corrected chi connectivity index (χ4v) is 4.07. The molecule has 0 aromatic heterocycles. The third-order valence-corrected chi connectivity index (χ3v) is 5.53. The van der Waals surface area contributed by atoms with Gasteiger partial charge in [-0.3, -0.25) is 0 Å². The van der Waals surface area contributed by atoms with E-state index in [0.29, 0.717) is 38.9 Å².